The highest BCUT2D eigenvalue weighted by Gasteiger charge is 2.17. The first-order chi connectivity index (χ1) is 7.47. The van der Waals surface area contributed by atoms with Gasteiger partial charge in [0.15, 0.2) is 0 Å². The second-order valence-corrected chi connectivity index (χ2v) is 4.56. The molecule has 0 radical (unpaired) electrons. The zero-order chi connectivity index (χ0) is 12.3. The Morgan fingerprint density at radius 1 is 1.56 bits per heavy atom. The van der Waals surface area contributed by atoms with Crippen LogP contribution in [0.15, 0.2) is 0 Å². The minimum atomic E-state index is -0.387. The lowest BCUT2D eigenvalue weighted by Gasteiger charge is -2.11. The van der Waals surface area contributed by atoms with Crippen LogP contribution in [0.25, 0.3) is 0 Å². The van der Waals surface area contributed by atoms with Crippen molar-refractivity contribution in [2.45, 2.75) is 12.7 Å². The summed E-state index contributed by atoms with van der Waals surface area (Å²) in [5.74, 6) is 1.34. The monoisotopic (exact) mass is 243 g/mol. The number of aromatic nitrogens is 2. The van der Waals surface area contributed by atoms with Crippen molar-refractivity contribution in [2.24, 2.45) is 7.05 Å². The molecule has 1 amide bonds. The van der Waals surface area contributed by atoms with E-state index in [0.29, 0.717) is 5.88 Å². The topological polar surface area (TPSA) is 47.4 Å². The van der Waals surface area contributed by atoms with Gasteiger partial charge in [-0.1, -0.05) is 0 Å². The van der Waals surface area contributed by atoms with Gasteiger partial charge in [-0.25, -0.2) is 9.48 Å². The first-order valence-corrected chi connectivity index (χ1v) is 6.27. The maximum Gasteiger partial charge on any atom is 0.416 e. The first-order valence-electron chi connectivity index (χ1n) is 4.88. The molecule has 0 atom stereocenters. The highest BCUT2D eigenvalue weighted by atomic mass is 32.2. The van der Waals surface area contributed by atoms with E-state index in [-0.39, 0.29) is 6.09 Å². The van der Waals surface area contributed by atoms with Crippen LogP contribution in [0.3, 0.4) is 0 Å². The Bertz CT molecular complexity index is 388. The van der Waals surface area contributed by atoms with E-state index < -0.39 is 0 Å². The molecular formula is C10H17N3O2S. The van der Waals surface area contributed by atoms with Crippen LogP contribution in [-0.4, -0.2) is 41.1 Å². The molecule has 5 nitrogen and oxygen atoms in total. The average molecular weight is 243 g/mol. The minimum Gasteiger partial charge on any atom is -0.391 e. The van der Waals surface area contributed by atoms with Gasteiger partial charge >= 0.3 is 6.09 Å². The van der Waals surface area contributed by atoms with E-state index in [1.54, 1.807) is 37.6 Å². The predicted octanol–water partition coefficient (Wildman–Crippen LogP) is 1.65. The molecule has 0 bridgehead atoms. The molecule has 1 rings (SSSR count). The summed E-state index contributed by atoms with van der Waals surface area (Å²) in [4.78, 5) is 12.8. The Morgan fingerprint density at radius 2 is 2.19 bits per heavy atom. The van der Waals surface area contributed by atoms with Crippen molar-refractivity contribution >= 4 is 17.9 Å². The number of rotatable bonds is 3. The van der Waals surface area contributed by atoms with Crippen molar-refractivity contribution in [1.82, 2.24) is 14.7 Å². The summed E-state index contributed by atoms with van der Waals surface area (Å²) in [6, 6.07) is 0. The largest absolute Gasteiger partial charge is 0.416 e. The number of nitrogens with zero attached hydrogens (tertiary/aromatic N) is 3. The lowest BCUT2D eigenvalue weighted by molar-refractivity contribution is 0.167. The normalized spacial score (nSPS) is 10.3. The summed E-state index contributed by atoms with van der Waals surface area (Å²) >= 11 is 1.69. The lowest BCUT2D eigenvalue weighted by atomic mass is 10.3. The third-order valence-corrected chi connectivity index (χ3v) is 2.71. The van der Waals surface area contributed by atoms with E-state index in [0.717, 1.165) is 17.0 Å². The molecule has 0 saturated heterocycles. The fourth-order valence-electron chi connectivity index (χ4n) is 1.26. The van der Waals surface area contributed by atoms with Crippen LogP contribution in [0.2, 0.25) is 0 Å². The number of aryl methyl sites for hydroxylation is 1. The standard InChI is InChI=1S/C10H17N3O2S/c1-7-8(6-16-5)11-13(4)9(7)15-10(14)12(2)3/h6H2,1-5H3. The molecule has 90 valence electrons. The summed E-state index contributed by atoms with van der Waals surface area (Å²) in [5, 5.41) is 4.31. The van der Waals surface area contributed by atoms with E-state index >= 15 is 0 Å². The van der Waals surface area contributed by atoms with Crippen molar-refractivity contribution in [3.05, 3.63) is 11.3 Å². The van der Waals surface area contributed by atoms with Crippen LogP contribution in [0.5, 0.6) is 5.88 Å². The van der Waals surface area contributed by atoms with Gasteiger partial charge in [0.1, 0.15) is 0 Å². The Hall–Kier alpha value is -1.17. The Labute approximate surface area is 99.8 Å². The molecule has 0 unspecified atom stereocenters. The number of amides is 1. The van der Waals surface area contributed by atoms with Gasteiger partial charge in [0.2, 0.25) is 5.88 Å². The molecule has 0 N–H and O–H groups in total. The van der Waals surface area contributed by atoms with Crippen LogP contribution >= 0.6 is 11.8 Å². The number of carbonyl (C=O) groups excluding carboxylic acids is 1. The SMILES string of the molecule is CSCc1nn(C)c(OC(=O)N(C)C)c1C. The molecule has 0 spiro atoms. The van der Waals surface area contributed by atoms with E-state index in [9.17, 15) is 4.79 Å². The molecule has 0 aliphatic carbocycles. The van der Waals surface area contributed by atoms with Crippen molar-refractivity contribution in [3.63, 3.8) is 0 Å². The third kappa shape index (κ3) is 2.69. The first kappa shape index (κ1) is 12.9. The number of ether oxygens (including phenoxy) is 1. The van der Waals surface area contributed by atoms with Gasteiger partial charge in [-0.3, -0.25) is 0 Å². The molecule has 0 saturated carbocycles. The van der Waals surface area contributed by atoms with Gasteiger partial charge in [-0.15, -0.1) is 0 Å². The predicted molar refractivity (Wildman–Crippen MR) is 64.9 cm³/mol. The van der Waals surface area contributed by atoms with Crippen LogP contribution in [0, 0.1) is 6.92 Å². The summed E-state index contributed by atoms with van der Waals surface area (Å²) in [6.45, 7) is 1.91. The smallest absolute Gasteiger partial charge is 0.391 e. The molecule has 6 heteroatoms. The van der Waals surface area contributed by atoms with Crippen LogP contribution in [-0.2, 0) is 12.8 Å². The zero-order valence-corrected chi connectivity index (χ0v) is 11.1. The van der Waals surface area contributed by atoms with Gasteiger partial charge in [0, 0.05) is 32.5 Å². The van der Waals surface area contributed by atoms with Crippen molar-refractivity contribution in [1.29, 1.82) is 0 Å². The summed E-state index contributed by atoms with van der Waals surface area (Å²) in [6.07, 6.45) is 1.63. The fraction of sp³-hybridized carbons (Fsp3) is 0.600. The Balaban J connectivity index is 2.92. The second kappa shape index (κ2) is 5.25. The molecule has 1 aromatic heterocycles. The highest BCUT2D eigenvalue weighted by Crippen LogP contribution is 2.23. The third-order valence-electron chi connectivity index (χ3n) is 2.15. The Morgan fingerprint density at radius 3 is 2.69 bits per heavy atom. The zero-order valence-electron chi connectivity index (χ0n) is 10.3. The second-order valence-electron chi connectivity index (χ2n) is 3.70. The Kier molecular flexibility index (Phi) is 4.23. The van der Waals surface area contributed by atoms with Gasteiger partial charge in [-0.05, 0) is 13.2 Å². The molecule has 0 fully saturated rings. The van der Waals surface area contributed by atoms with Gasteiger partial charge in [0.05, 0.1) is 5.69 Å². The number of hydrogen-bond acceptors (Lipinski definition) is 4. The molecule has 0 aliphatic rings. The maximum absolute atomic E-state index is 11.4. The van der Waals surface area contributed by atoms with Gasteiger partial charge in [-0.2, -0.15) is 16.9 Å². The number of carbonyl (C=O) groups is 1. The van der Waals surface area contributed by atoms with E-state index in [1.807, 2.05) is 13.2 Å². The molecule has 1 aromatic rings. The fourth-order valence-corrected chi connectivity index (χ4v) is 1.81. The van der Waals surface area contributed by atoms with E-state index in [4.69, 9.17) is 4.74 Å². The van der Waals surface area contributed by atoms with E-state index in [1.165, 1.54) is 4.90 Å². The maximum atomic E-state index is 11.4. The lowest BCUT2D eigenvalue weighted by Crippen LogP contribution is -2.26. The summed E-state index contributed by atoms with van der Waals surface area (Å²) < 4.78 is 6.84. The minimum absolute atomic E-state index is 0.387. The van der Waals surface area contributed by atoms with Crippen molar-refractivity contribution in [3.8, 4) is 5.88 Å². The molecule has 0 aliphatic heterocycles. The molecular weight excluding hydrogens is 226 g/mol. The highest BCUT2D eigenvalue weighted by molar-refractivity contribution is 7.97. The molecule has 1 heterocycles. The van der Waals surface area contributed by atoms with Crippen molar-refractivity contribution < 1.29 is 9.53 Å². The number of thioether (sulfide) groups is 1. The molecule has 0 aromatic carbocycles. The van der Waals surface area contributed by atoms with Crippen LogP contribution in [0.1, 0.15) is 11.3 Å². The van der Waals surface area contributed by atoms with Crippen molar-refractivity contribution in [2.75, 3.05) is 20.4 Å². The van der Waals surface area contributed by atoms with Crippen LogP contribution in [0.4, 0.5) is 4.79 Å². The van der Waals surface area contributed by atoms with E-state index in [2.05, 4.69) is 5.10 Å². The van der Waals surface area contributed by atoms with Crippen LogP contribution < -0.4 is 4.74 Å². The quantitative estimate of drug-likeness (QED) is 0.810. The molecule has 16 heavy (non-hydrogen) atoms. The average Bonchev–Trinajstić information content (AvgIpc) is 2.46. The number of hydrogen-bond donors (Lipinski definition) is 0. The van der Waals surface area contributed by atoms with Gasteiger partial charge < -0.3 is 9.64 Å². The van der Waals surface area contributed by atoms with Gasteiger partial charge in [0.25, 0.3) is 0 Å². The summed E-state index contributed by atoms with van der Waals surface area (Å²) in [5.41, 5.74) is 1.88. The summed E-state index contributed by atoms with van der Waals surface area (Å²) in [7, 11) is 5.07.